The van der Waals surface area contributed by atoms with Gasteiger partial charge < -0.3 is 14.5 Å². The molecule has 0 aliphatic heterocycles. The maximum Gasteiger partial charge on any atom is 0.349 e. The number of nitrogens with zero attached hydrogens (tertiary/aromatic N) is 2. The fraction of sp³-hybridized carbons (Fsp3) is 0.118. The van der Waals surface area contributed by atoms with Crippen LogP contribution in [0.25, 0.3) is 11.0 Å². The summed E-state index contributed by atoms with van der Waals surface area (Å²) in [4.78, 5) is 38.8. The van der Waals surface area contributed by atoms with Crippen LogP contribution in [-0.4, -0.2) is 22.9 Å². The number of non-ortho nitro benzene ring substituents is 1. The molecule has 0 atom stereocenters. The van der Waals surface area contributed by atoms with E-state index < -0.39 is 16.5 Å². The van der Waals surface area contributed by atoms with Gasteiger partial charge in [-0.1, -0.05) is 6.07 Å². The molecule has 0 aliphatic rings. The van der Waals surface area contributed by atoms with E-state index in [2.05, 4.69) is 10.3 Å². The minimum atomic E-state index is -0.867. The fourth-order valence-electron chi connectivity index (χ4n) is 2.38. The van der Waals surface area contributed by atoms with Crippen molar-refractivity contribution < 1.29 is 18.9 Å². The number of hydrogen-bond acceptors (Lipinski definition) is 7. The van der Waals surface area contributed by atoms with Crippen molar-refractivity contribution in [1.82, 2.24) is 10.3 Å². The Hall–Kier alpha value is -3.75. The van der Waals surface area contributed by atoms with Crippen LogP contribution in [0, 0.1) is 10.1 Å². The third-order valence-corrected chi connectivity index (χ3v) is 3.63. The molecule has 132 valence electrons. The van der Waals surface area contributed by atoms with Gasteiger partial charge in [0.15, 0.2) is 11.3 Å². The third-order valence-electron chi connectivity index (χ3n) is 3.63. The van der Waals surface area contributed by atoms with E-state index in [4.69, 9.17) is 9.15 Å². The molecule has 0 saturated carbocycles. The maximum absolute atomic E-state index is 12.3. The molecule has 3 aromatic rings. The molecule has 2 heterocycles. The van der Waals surface area contributed by atoms with Crippen LogP contribution in [0.2, 0.25) is 0 Å². The lowest BCUT2D eigenvalue weighted by atomic mass is 10.1. The van der Waals surface area contributed by atoms with Gasteiger partial charge in [-0.25, -0.2) is 4.79 Å². The Morgan fingerprint density at radius 3 is 2.85 bits per heavy atom. The van der Waals surface area contributed by atoms with Gasteiger partial charge in [-0.05, 0) is 17.7 Å². The maximum atomic E-state index is 12.3. The van der Waals surface area contributed by atoms with Gasteiger partial charge in [0.1, 0.15) is 5.56 Å². The largest absolute Gasteiger partial charge is 0.493 e. The molecule has 0 bridgehead atoms. The molecule has 1 N–H and O–H groups in total. The molecule has 2 aromatic heterocycles. The summed E-state index contributed by atoms with van der Waals surface area (Å²) < 4.78 is 10.2. The van der Waals surface area contributed by atoms with Crippen molar-refractivity contribution in [3.63, 3.8) is 0 Å². The zero-order chi connectivity index (χ0) is 18.7. The molecule has 0 unspecified atom stereocenters. The van der Waals surface area contributed by atoms with Crippen molar-refractivity contribution in [2.45, 2.75) is 6.54 Å². The van der Waals surface area contributed by atoms with Crippen molar-refractivity contribution in [3.05, 3.63) is 74.4 Å². The van der Waals surface area contributed by atoms with E-state index in [1.54, 1.807) is 24.5 Å². The number of carbonyl (C=O) groups is 1. The second-order valence-corrected chi connectivity index (χ2v) is 5.31. The number of nitro groups is 1. The number of rotatable bonds is 5. The minimum absolute atomic E-state index is 0.0342. The molecule has 9 heteroatoms. The lowest BCUT2D eigenvalue weighted by molar-refractivity contribution is -0.384. The highest BCUT2D eigenvalue weighted by molar-refractivity contribution is 5.97. The highest BCUT2D eigenvalue weighted by atomic mass is 16.6. The van der Waals surface area contributed by atoms with Crippen molar-refractivity contribution in [2.24, 2.45) is 0 Å². The van der Waals surface area contributed by atoms with Crippen molar-refractivity contribution in [3.8, 4) is 5.75 Å². The van der Waals surface area contributed by atoms with Gasteiger partial charge in [-0.2, -0.15) is 0 Å². The zero-order valence-corrected chi connectivity index (χ0v) is 13.6. The van der Waals surface area contributed by atoms with Crippen LogP contribution in [0.1, 0.15) is 15.9 Å². The summed E-state index contributed by atoms with van der Waals surface area (Å²) in [6.07, 6.45) is 3.18. The molecule has 0 saturated heterocycles. The lowest BCUT2D eigenvalue weighted by Crippen LogP contribution is -2.27. The molecule has 1 amide bonds. The second-order valence-electron chi connectivity index (χ2n) is 5.31. The number of nitro benzene ring substituents is 1. The van der Waals surface area contributed by atoms with Crippen LogP contribution in [0.5, 0.6) is 5.75 Å². The molecule has 3 rings (SSSR count). The van der Waals surface area contributed by atoms with Crippen LogP contribution >= 0.6 is 0 Å². The van der Waals surface area contributed by atoms with Gasteiger partial charge in [-0.3, -0.25) is 19.9 Å². The second kappa shape index (κ2) is 7.01. The molecule has 0 fully saturated rings. The van der Waals surface area contributed by atoms with Crippen molar-refractivity contribution in [1.29, 1.82) is 0 Å². The Labute approximate surface area is 146 Å². The van der Waals surface area contributed by atoms with Gasteiger partial charge in [0.05, 0.1) is 18.1 Å². The average Bonchev–Trinajstić information content (AvgIpc) is 2.65. The fourth-order valence-corrected chi connectivity index (χ4v) is 2.38. The molecular formula is C17H13N3O6. The van der Waals surface area contributed by atoms with Crippen molar-refractivity contribution >= 4 is 22.6 Å². The molecule has 1 aromatic carbocycles. The first-order chi connectivity index (χ1) is 12.5. The van der Waals surface area contributed by atoms with Crippen LogP contribution in [0.15, 0.2) is 51.9 Å². The predicted octanol–water partition coefficient (Wildman–Crippen LogP) is 2.03. The number of ether oxygens (including phenoxy) is 1. The standard InChI is InChI=1S/C17H13N3O6/c1-25-14-7-12(20(23)24)5-11-6-13(17(22)26-15(11)14)16(21)19-9-10-3-2-4-18-8-10/h2-8H,9H2,1H3,(H,19,21). The van der Waals surface area contributed by atoms with E-state index in [0.717, 1.165) is 11.6 Å². The Morgan fingerprint density at radius 2 is 2.19 bits per heavy atom. The van der Waals surface area contributed by atoms with Crippen LogP contribution in [-0.2, 0) is 6.54 Å². The van der Waals surface area contributed by atoms with E-state index in [-0.39, 0.29) is 34.5 Å². The molecule has 0 aliphatic carbocycles. The Morgan fingerprint density at radius 1 is 1.38 bits per heavy atom. The Kier molecular flexibility index (Phi) is 4.61. The number of benzene rings is 1. The summed E-state index contributed by atoms with van der Waals surface area (Å²) in [6.45, 7) is 0.169. The summed E-state index contributed by atoms with van der Waals surface area (Å²) >= 11 is 0. The number of fused-ring (bicyclic) bond motifs is 1. The SMILES string of the molecule is COc1cc([N+](=O)[O-])cc2cc(C(=O)NCc3cccnc3)c(=O)oc12. The summed E-state index contributed by atoms with van der Waals surface area (Å²) in [5.74, 6) is -0.622. The van der Waals surface area contributed by atoms with E-state index in [0.29, 0.717) is 0 Å². The molecular weight excluding hydrogens is 342 g/mol. The number of amides is 1. The first-order valence-electron chi connectivity index (χ1n) is 7.47. The number of methoxy groups -OCH3 is 1. The summed E-state index contributed by atoms with van der Waals surface area (Å²) in [7, 11) is 1.30. The number of hydrogen-bond donors (Lipinski definition) is 1. The van der Waals surface area contributed by atoms with E-state index in [9.17, 15) is 19.7 Å². The van der Waals surface area contributed by atoms with Gasteiger partial charge in [0, 0.05) is 30.4 Å². The molecule has 26 heavy (non-hydrogen) atoms. The normalized spacial score (nSPS) is 10.5. The summed E-state index contributed by atoms with van der Waals surface area (Å²) in [5.41, 5.74) is -0.586. The topological polar surface area (TPSA) is 125 Å². The van der Waals surface area contributed by atoms with Gasteiger partial charge in [0.25, 0.3) is 11.6 Å². The first-order valence-corrected chi connectivity index (χ1v) is 7.47. The molecule has 0 radical (unpaired) electrons. The minimum Gasteiger partial charge on any atom is -0.493 e. The number of carbonyl (C=O) groups excluding carboxylic acids is 1. The highest BCUT2D eigenvalue weighted by Crippen LogP contribution is 2.30. The van der Waals surface area contributed by atoms with Gasteiger partial charge in [-0.15, -0.1) is 0 Å². The van der Waals surface area contributed by atoms with Gasteiger partial charge >= 0.3 is 5.63 Å². The predicted molar refractivity (Wildman–Crippen MR) is 91.1 cm³/mol. The zero-order valence-electron chi connectivity index (χ0n) is 13.6. The van der Waals surface area contributed by atoms with E-state index >= 15 is 0 Å². The molecule has 0 spiro atoms. The number of aromatic nitrogens is 1. The quantitative estimate of drug-likeness (QED) is 0.422. The number of pyridine rings is 1. The Balaban J connectivity index is 1.98. The average molecular weight is 355 g/mol. The van der Waals surface area contributed by atoms with Gasteiger partial charge in [0.2, 0.25) is 0 Å². The van der Waals surface area contributed by atoms with Crippen LogP contribution in [0.3, 0.4) is 0 Å². The van der Waals surface area contributed by atoms with Crippen LogP contribution < -0.4 is 15.7 Å². The van der Waals surface area contributed by atoms with Crippen molar-refractivity contribution in [2.75, 3.05) is 7.11 Å². The smallest absolute Gasteiger partial charge is 0.349 e. The Bertz CT molecular complexity index is 1050. The summed E-state index contributed by atoms with van der Waals surface area (Å²) in [6, 6.07) is 7.09. The monoisotopic (exact) mass is 355 g/mol. The third kappa shape index (κ3) is 3.36. The van der Waals surface area contributed by atoms with Crippen LogP contribution in [0.4, 0.5) is 5.69 Å². The first kappa shape index (κ1) is 17.1. The lowest BCUT2D eigenvalue weighted by Gasteiger charge is -2.07. The van der Waals surface area contributed by atoms with E-state index in [1.807, 2.05) is 0 Å². The summed E-state index contributed by atoms with van der Waals surface area (Å²) in [5, 5.41) is 13.8. The highest BCUT2D eigenvalue weighted by Gasteiger charge is 2.19. The molecule has 9 nitrogen and oxygen atoms in total. The van der Waals surface area contributed by atoms with E-state index in [1.165, 1.54) is 19.2 Å². The number of nitrogens with one attached hydrogen (secondary N) is 1.